The molecular weight excluding hydrogens is 329 g/mol. The SMILES string of the molecule is CCS(=O)(=O)c1cc(C2CC2)cnc1[CH]C(F)(F)C(F)(F)F. The van der Waals surface area contributed by atoms with Crippen LogP contribution in [0.3, 0.4) is 0 Å². The predicted molar refractivity (Wildman–Crippen MR) is 68.3 cm³/mol. The third kappa shape index (κ3) is 3.39. The van der Waals surface area contributed by atoms with Crippen molar-refractivity contribution in [3.8, 4) is 0 Å². The van der Waals surface area contributed by atoms with Crippen molar-refractivity contribution in [2.45, 2.75) is 42.7 Å². The van der Waals surface area contributed by atoms with Crippen molar-refractivity contribution in [2.24, 2.45) is 0 Å². The standard InChI is InChI=1S/C13H13F5NO2S/c1-2-22(20,21)11-5-9(8-3-4-8)7-19-10(11)6-12(14,15)13(16,17)18/h5-8H,2-4H2,1H3. The van der Waals surface area contributed by atoms with Gasteiger partial charge in [0.15, 0.2) is 9.84 Å². The lowest BCUT2D eigenvalue weighted by Crippen LogP contribution is -2.37. The van der Waals surface area contributed by atoms with Gasteiger partial charge in [-0.05, 0) is 30.4 Å². The average molecular weight is 342 g/mol. The number of sulfone groups is 1. The van der Waals surface area contributed by atoms with Gasteiger partial charge in [-0.15, -0.1) is 0 Å². The summed E-state index contributed by atoms with van der Waals surface area (Å²) in [6, 6.07) is 1.15. The van der Waals surface area contributed by atoms with E-state index in [4.69, 9.17) is 0 Å². The highest BCUT2D eigenvalue weighted by molar-refractivity contribution is 7.91. The molecule has 0 bridgehead atoms. The Morgan fingerprint density at radius 3 is 2.32 bits per heavy atom. The molecule has 1 fully saturated rings. The van der Waals surface area contributed by atoms with Crippen LogP contribution in [0.5, 0.6) is 0 Å². The maximum absolute atomic E-state index is 13.1. The first-order valence-electron chi connectivity index (χ1n) is 6.51. The van der Waals surface area contributed by atoms with E-state index in [2.05, 4.69) is 4.98 Å². The minimum Gasteiger partial charge on any atom is -0.259 e. The van der Waals surface area contributed by atoms with Crippen LogP contribution in [0.15, 0.2) is 17.2 Å². The normalized spacial score (nSPS) is 16.8. The Kier molecular flexibility index (Phi) is 4.23. The molecule has 1 aliphatic carbocycles. The zero-order valence-corrected chi connectivity index (χ0v) is 12.3. The summed E-state index contributed by atoms with van der Waals surface area (Å²) in [6.45, 7) is 1.28. The van der Waals surface area contributed by atoms with Crippen LogP contribution < -0.4 is 0 Å². The van der Waals surface area contributed by atoms with Gasteiger partial charge < -0.3 is 0 Å². The molecule has 0 saturated heterocycles. The molecule has 1 aliphatic rings. The number of halogens is 5. The molecule has 1 aromatic heterocycles. The quantitative estimate of drug-likeness (QED) is 0.770. The van der Waals surface area contributed by atoms with E-state index in [1.165, 1.54) is 6.92 Å². The molecule has 123 valence electrons. The third-order valence-corrected chi connectivity index (χ3v) is 5.12. The third-order valence-electron chi connectivity index (χ3n) is 3.36. The first kappa shape index (κ1) is 17.1. The molecule has 1 heterocycles. The summed E-state index contributed by atoms with van der Waals surface area (Å²) in [7, 11) is -3.97. The second-order valence-electron chi connectivity index (χ2n) is 5.09. The Morgan fingerprint density at radius 1 is 1.27 bits per heavy atom. The van der Waals surface area contributed by atoms with Crippen LogP contribution in [-0.4, -0.2) is 31.3 Å². The van der Waals surface area contributed by atoms with Gasteiger partial charge in [0.25, 0.3) is 0 Å². The van der Waals surface area contributed by atoms with E-state index in [1.807, 2.05) is 0 Å². The second kappa shape index (κ2) is 5.43. The predicted octanol–water partition coefficient (Wildman–Crippen LogP) is 3.50. The van der Waals surface area contributed by atoms with E-state index in [1.54, 1.807) is 0 Å². The summed E-state index contributed by atoms with van der Waals surface area (Å²) >= 11 is 0. The van der Waals surface area contributed by atoms with Crippen molar-refractivity contribution >= 4 is 9.84 Å². The maximum Gasteiger partial charge on any atom is 0.454 e. The summed E-state index contributed by atoms with van der Waals surface area (Å²) < 4.78 is 87.1. The van der Waals surface area contributed by atoms with E-state index in [0.717, 1.165) is 25.1 Å². The summed E-state index contributed by atoms with van der Waals surface area (Å²) in [4.78, 5) is 2.96. The summed E-state index contributed by atoms with van der Waals surface area (Å²) in [5.41, 5.74) is -0.326. The summed E-state index contributed by atoms with van der Waals surface area (Å²) in [5.74, 6) is -5.48. The second-order valence-corrected chi connectivity index (χ2v) is 7.34. The highest BCUT2D eigenvalue weighted by Gasteiger charge is 2.58. The van der Waals surface area contributed by atoms with E-state index < -0.39 is 44.7 Å². The highest BCUT2D eigenvalue weighted by Crippen LogP contribution is 2.43. The fraction of sp³-hybridized carbons (Fsp3) is 0.538. The molecule has 0 unspecified atom stereocenters. The number of rotatable bonds is 5. The fourth-order valence-corrected chi connectivity index (χ4v) is 2.93. The van der Waals surface area contributed by atoms with Gasteiger partial charge in [-0.2, -0.15) is 22.0 Å². The molecule has 2 rings (SSSR count). The van der Waals surface area contributed by atoms with Gasteiger partial charge in [-0.25, -0.2) is 8.42 Å². The number of aromatic nitrogens is 1. The molecule has 22 heavy (non-hydrogen) atoms. The van der Waals surface area contributed by atoms with Gasteiger partial charge >= 0.3 is 12.1 Å². The average Bonchev–Trinajstić information content (AvgIpc) is 3.21. The minimum absolute atomic E-state index is 0.0930. The Bertz CT molecular complexity index is 665. The van der Waals surface area contributed by atoms with Gasteiger partial charge in [-0.1, -0.05) is 6.92 Å². The van der Waals surface area contributed by atoms with E-state index >= 15 is 0 Å². The van der Waals surface area contributed by atoms with Crippen molar-refractivity contribution in [3.63, 3.8) is 0 Å². The van der Waals surface area contributed by atoms with Crippen molar-refractivity contribution < 1.29 is 30.4 Å². The topological polar surface area (TPSA) is 47.0 Å². The summed E-state index contributed by atoms with van der Waals surface area (Å²) in [5, 5.41) is 0. The van der Waals surface area contributed by atoms with Gasteiger partial charge in [0, 0.05) is 6.20 Å². The number of hydrogen-bond acceptors (Lipinski definition) is 3. The lowest BCUT2D eigenvalue weighted by molar-refractivity contribution is -0.265. The van der Waals surface area contributed by atoms with Crippen LogP contribution in [0, 0.1) is 6.42 Å². The molecule has 9 heteroatoms. The Hall–Kier alpha value is -1.25. The highest BCUT2D eigenvalue weighted by atomic mass is 32.2. The zero-order chi connectivity index (χ0) is 16.8. The van der Waals surface area contributed by atoms with E-state index in [-0.39, 0.29) is 5.92 Å². The smallest absolute Gasteiger partial charge is 0.259 e. The Morgan fingerprint density at radius 2 is 1.86 bits per heavy atom. The van der Waals surface area contributed by atoms with Crippen LogP contribution in [-0.2, 0) is 9.84 Å². The van der Waals surface area contributed by atoms with Crippen LogP contribution in [0.1, 0.15) is 36.9 Å². The molecule has 1 radical (unpaired) electrons. The van der Waals surface area contributed by atoms with Crippen LogP contribution in [0.25, 0.3) is 0 Å². The molecule has 3 nitrogen and oxygen atoms in total. The fourth-order valence-electron chi connectivity index (χ4n) is 1.88. The van der Waals surface area contributed by atoms with Crippen LogP contribution >= 0.6 is 0 Å². The summed E-state index contributed by atoms with van der Waals surface area (Å²) in [6.07, 6.45) is -3.46. The van der Waals surface area contributed by atoms with E-state index in [9.17, 15) is 30.4 Å². The van der Waals surface area contributed by atoms with Crippen molar-refractivity contribution in [2.75, 3.05) is 5.75 Å². The molecule has 0 aromatic carbocycles. The van der Waals surface area contributed by atoms with Crippen molar-refractivity contribution in [1.82, 2.24) is 4.98 Å². The molecule has 0 aliphatic heterocycles. The van der Waals surface area contributed by atoms with Crippen LogP contribution in [0.2, 0.25) is 0 Å². The molecule has 0 amide bonds. The number of nitrogens with zero attached hydrogens (tertiary/aromatic N) is 1. The molecule has 0 atom stereocenters. The van der Waals surface area contributed by atoms with Gasteiger partial charge in [0.2, 0.25) is 0 Å². The molecular formula is C13H13F5NO2S. The monoisotopic (exact) mass is 342 g/mol. The van der Waals surface area contributed by atoms with Gasteiger partial charge in [0.1, 0.15) is 0 Å². The van der Waals surface area contributed by atoms with Gasteiger partial charge in [0.05, 0.1) is 22.8 Å². The van der Waals surface area contributed by atoms with E-state index in [0.29, 0.717) is 5.56 Å². The number of hydrogen-bond donors (Lipinski definition) is 0. The number of pyridine rings is 1. The zero-order valence-electron chi connectivity index (χ0n) is 11.5. The Balaban J connectivity index is 2.47. The van der Waals surface area contributed by atoms with Crippen LogP contribution in [0.4, 0.5) is 22.0 Å². The maximum atomic E-state index is 13.1. The molecule has 1 saturated carbocycles. The molecule has 1 aromatic rings. The lowest BCUT2D eigenvalue weighted by atomic mass is 10.1. The first-order chi connectivity index (χ1) is 9.98. The minimum atomic E-state index is -5.81. The first-order valence-corrected chi connectivity index (χ1v) is 8.16. The number of alkyl halides is 5. The lowest BCUT2D eigenvalue weighted by Gasteiger charge is -2.20. The largest absolute Gasteiger partial charge is 0.454 e. The van der Waals surface area contributed by atoms with Crippen molar-refractivity contribution in [3.05, 3.63) is 29.9 Å². The van der Waals surface area contributed by atoms with Gasteiger partial charge in [-0.3, -0.25) is 4.98 Å². The van der Waals surface area contributed by atoms with Crippen molar-refractivity contribution in [1.29, 1.82) is 0 Å². The Labute approximate surface area is 124 Å². The molecule has 0 spiro atoms. The molecule has 0 N–H and O–H groups in total.